The molecule has 0 atom stereocenters. The summed E-state index contributed by atoms with van der Waals surface area (Å²) in [6.07, 6.45) is 0. The van der Waals surface area contributed by atoms with Crippen LogP contribution in [-0.2, 0) is 0 Å². The van der Waals surface area contributed by atoms with E-state index < -0.39 is 6.03 Å². The van der Waals surface area contributed by atoms with E-state index in [4.69, 9.17) is 18.0 Å². The van der Waals surface area contributed by atoms with Crippen molar-refractivity contribution in [2.24, 2.45) is 10.8 Å². The first-order chi connectivity index (χ1) is 9.02. The third kappa shape index (κ3) is 5.35. The van der Waals surface area contributed by atoms with Crippen LogP contribution in [0.4, 0.5) is 10.5 Å². The maximum atomic E-state index is 10.5. The van der Waals surface area contributed by atoms with Gasteiger partial charge in [-0.1, -0.05) is 12.1 Å². The quantitative estimate of drug-likeness (QED) is 0.381. The Morgan fingerprint density at radius 3 is 2.53 bits per heavy atom. The Kier molecular flexibility index (Phi) is 5.74. The molecule has 0 heterocycles. The van der Waals surface area contributed by atoms with E-state index in [2.05, 4.69) is 21.2 Å². The highest BCUT2D eigenvalue weighted by atomic mass is 32.1. The number of hydrazone groups is 1. The van der Waals surface area contributed by atoms with Crippen LogP contribution in [-0.4, -0.2) is 23.4 Å². The predicted octanol–water partition coefficient (Wildman–Crippen LogP) is 1.39. The molecule has 1 aromatic carbocycles. The van der Waals surface area contributed by atoms with Crippen LogP contribution in [0.5, 0.6) is 0 Å². The maximum absolute atomic E-state index is 10.5. The second kappa shape index (κ2) is 7.32. The molecule has 0 unspecified atom stereocenters. The first-order valence-electron chi connectivity index (χ1n) is 5.78. The Balaban J connectivity index is 2.68. The van der Waals surface area contributed by atoms with Gasteiger partial charge < -0.3 is 16.4 Å². The van der Waals surface area contributed by atoms with Gasteiger partial charge >= 0.3 is 6.03 Å². The number of benzene rings is 1. The van der Waals surface area contributed by atoms with Gasteiger partial charge in [-0.2, -0.15) is 5.10 Å². The van der Waals surface area contributed by atoms with Gasteiger partial charge in [0.25, 0.3) is 0 Å². The summed E-state index contributed by atoms with van der Waals surface area (Å²) in [4.78, 5) is 10.5. The molecule has 0 aromatic heterocycles. The van der Waals surface area contributed by atoms with Crippen LogP contribution < -0.4 is 21.8 Å². The lowest BCUT2D eigenvalue weighted by atomic mass is 10.1. The molecule has 0 saturated heterocycles. The Morgan fingerprint density at radius 2 is 2.00 bits per heavy atom. The molecule has 0 fully saturated rings. The van der Waals surface area contributed by atoms with Crippen LogP contribution in [0, 0.1) is 0 Å². The van der Waals surface area contributed by atoms with E-state index in [-0.39, 0.29) is 0 Å². The topological polar surface area (TPSA) is 91.5 Å². The number of carbonyl (C=O) groups excluding carboxylic acids is 1. The number of urea groups is 1. The number of primary amides is 1. The summed E-state index contributed by atoms with van der Waals surface area (Å²) in [5.74, 6) is 0. The summed E-state index contributed by atoms with van der Waals surface area (Å²) in [6.45, 7) is 4.53. The number of carbonyl (C=O) groups is 1. The molecule has 0 bridgehead atoms. The summed E-state index contributed by atoms with van der Waals surface area (Å²) in [5, 5.41) is 10.5. The van der Waals surface area contributed by atoms with Gasteiger partial charge in [0, 0.05) is 12.2 Å². The summed E-state index contributed by atoms with van der Waals surface area (Å²) in [5.41, 5.74) is 9.55. The molecule has 1 aromatic rings. The van der Waals surface area contributed by atoms with Crippen LogP contribution >= 0.6 is 12.2 Å². The summed E-state index contributed by atoms with van der Waals surface area (Å²) < 4.78 is 0. The standard InChI is InChI=1S/C12H17N5OS/c1-3-14-12(19)15-10-6-4-9(5-7-10)8(2)16-17-11(13)18/h4-7H,3H2,1-2H3,(H3,13,17,18)(H2,14,15,19). The van der Waals surface area contributed by atoms with E-state index in [1.807, 2.05) is 31.2 Å². The van der Waals surface area contributed by atoms with E-state index in [9.17, 15) is 4.79 Å². The minimum atomic E-state index is -0.686. The smallest absolute Gasteiger partial charge is 0.332 e. The number of rotatable bonds is 4. The second-order valence-electron chi connectivity index (χ2n) is 3.74. The molecule has 0 aliphatic heterocycles. The average molecular weight is 279 g/mol. The van der Waals surface area contributed by atoms with E-state index in [0.717, 1.165) is 17.8 Å². The van der Waals surface area contributed by atoms with Gasteiger partial charge in [-0.25, -0.2) is 10.2 Å². The van der Waals surface area contributed by atoms with Crippen molar-refractivity contribution in [3.63, 3.8) is 0 Å². The summed E-state index contributed by atoms with van der Waals surface area (Å²) in [7, 11) is 0. The van der Waals surface area contributed by atoms with Gasteiger partial charge in [-0.3, -0.25) is 0 Å². The Bertz CT molecular complexity index is 483. The van der Waals surface area contributed by atoms with E-state index in [1.165, 1.54) is 0 Å². The number of thiocarbonyl (C=S) groups is 1. The minimum absolute atomic E-state index is 0.580. The van der Waals surface area contributed by atoms with Crippen molar-refractivity contribution in [2.75, 3.05) is 11.9 Å². The highest BCUT2D eigenvalue weighted by Crippen LogP contribution is 2.10. The number of hydrogen-bond donors (Lipinski definition) is 4. The molecule has 102 valence electrons. The molecule has 0 saturated carbocycles. The van der Waals surface area contributed by atoms with Gasteiger partial charge in [-0.15, -0.1) is 0 Å². The van der Waals surface area contributed by atoms with Crippen molar-refractivity contribution in [1.82, 2.24) is 10.7 Å². The normalized spacial score (nSPS) is 10.7. The van der Waals surface area contributed by atoms with Gasteiger partial charge in [0.2, 0.25) is 0 Å². The maximum Gasteiger partial charge on any atom is 0.332 e. The van der Waals surface area contributed by atoms with E-state index in [1.54, 1.807) is 6.92 Å². The van der Waals surface area contributed by atoms with Crippen LogP contribution in [0.2, 0.25) is 0 Å². The monoisotopic (exact) mass is 279 g/mol. The van der Waals surface area contributed by atoms with Crippen LogP contribution in [0.15, 0.2) is 29.4 Å². The van der Waals surface area contributed by atoms with Gasteiger partial charge in [0.1, 0.15) is 0 Å². The molecule has 0 aliphatic carbocycles. The fourth-order valence-corrected chi connectivity index (χ4v) is 1.60. The van der Waals surface area contributed by atoms with Crippen molar-refractivity contribution in [1.29, 1.82) is 0 Å². The number of nitrogens with zero attached hydrogens (tertiary/aromatic N) is 1. The molecule has 1 rings (SSSR count). The number of anilines is 1. The lowest BCUT2D eigenvalue weighted by molar-refractivity contribution is 0.249. The molecule has 0 spiro atoms. The Morgan fingerprint density at radius 1 is 1.37 bits per heavy atom. The zero-order chi connectivity index (χ0) is 14.3. The van der Waals surface area contributed by atoms with Crippen LogP contribution in [0.25, 0.3) is 0 Å². The molecule has 5 N–H and O–H groups in total. The van der Waals surface area contributed by atoms with Gasteiger partial charge in [-0.05, 0) is 43.8 Å². The molecular formula is C12H17N5OS. The molecule has 0 radical (unpaired) electrons. The van der Waals surface area contributed by atoms with Gasteiger partial charge in [0.05, 0.1) is 5.71 Å². The average Bonchev–Trinajstić information content (AvgIpc) is 2.37. The zero-order valence-corrected chi connectivity index (χ0v) is 11.7. The number of amides is 2. The lowest BCUT2D eigenvalue weighted by Crippen LogP contribution is -2.27. The van der Waals surface area contributed by atoms with Crippen molar-refractivity contribution >= 4 is 34.8 Å². The molecule has 7 heteroatoms. The van der Waals surface area contributed by atoms with Crippen LogP contribution in [0.1, 0.15) is 19.4 Å². The highest BCUT2D eigenvalue weighted by Gasteiger charge is 2.00. The second-order valence-corrected chi connectivity index (χ2v) is 4.14. The molecule has 2 amide bonds. The SMILES string of the molecule is CCNC(=S)Nc1ccc(C(C)=NNC(N)=O)cc1. The first-order valence-corrected chi connectivity index (χ1v) is 6.18. The molecular weight excluding hydrogens is 262 g/mol. The summed E-state index contributed by atoms with van der Waals surface area (Å²) >= 11 is 5.08. The third-order valence-corrected chi connectivity index (χ3v) is 2.48. The third-order valence-electron chi connectivity index (χ3n) is 2.23. The van der Waals surface area contributed by atoms with E-state index >= 15 is 0 Å². The zero-order valence-electron chi connectivity index (χ0n) is 10.9. The van der Waals surface area contributed by atoms with Crippen molar-refractivity contribution in [2.45, 2.75) is 13.8 Å². The number of nitrogens with two attached hydrogens (primary N) is 1. The highest BCUT2D eigenvalue weighted by molar-refractivity contribution is 7.80. The number of hydrogen-bond acceptors (Lipinski definition) is 3. The van der Waals surface area contributed by atoms with Crippen molar-refractivity contribution < 1.29 is 4.79 Å². The first kappa shape index (κ1) is 14.9. The minimum Gasteiger partial charge on any atom is -0.363 e. The largest absolute Gasteiger partial charge is 0.363 e. The Hall–Kier alpha value is -2.15. The Labute approximate surface area is 117 Å². The molecule has 6 nitrogen and oxygen atoms in total. The number of nitrogens with one attached hydrogen (secondary N) is 3. The van der Waals surface area contributed by atoms with Crippen molar-refractivity contribution in [3.05, 3.63) is 29.8 Å². The predicted molar refractivity (Wildman–Crippen MR) is 81.3 cm³/mol. The molecule has 19 heavy (non-hydrogen) atoms. The summed E-state index contributed by atoms with van der Waals surface area (Å²) in [6, 6.07) is 6.81. The fraction of sp³-hybridized carbons (Fsp3) is 0.250. The molecule has 0 aliphatic rings. The van der Waals surface area contributed by atoms with E-state index in [0.29, 0.717) is 10.8 Å². The van der Waals surface area contributed by atoms with Crippen molar-refractivity contribution in [3.8, 4) is 0 Å². The fourth-order valence-electron chi connectivity index (χ4n) is 1.33. The lowest BCUT2D eigenvalue weighted by Gasteiger charge is -2.09. The van der Waals surface area contributed by atoms with Crippen LogP contribution in [0.3, 0.4) is 0 Å². The van der Waals surface area contributed by atoms with Gasteiger partial charge in [0.15, 0.2) is 5.11 Å².